The molecule has 0 fully saturated rings. The van der Waals surface area contributed by atoms with E-state index >= 15 is 0 Å². The van der Waals surface area contributed by atoms with Crippen molar-refractivity contribution < 1.29 is 23.8 Å². The molecule has 2 aromatic carbocycles. The normalized spacial score (nSPS) is 14.3. The van der Waals surface area contributed by atoms with Crippen LogP contribution in [-0.2, 0) is 11.2 Å². The van der Waals surface area contributed by atoms with E-state index in [1.807, 2.05) is 24.3 Å². The molecule has 0 unspecified atom stereocenters. The number of carbonyl (C=O) groups excluding carboxylic acids is 2. The predicted octanol–water partition coefficient (Wildman–Crippen LogP) is 4.15. The molecule has 1 aliphatic rings. The Kier molecular flexibility index (Phi) is 6.82. The number of hydrogen-bond acceptors (Lipinski definition) is 5. The highest BCUT2D eigenvalue weighted by Crippen LogP contribution is 2.38. The van der Waals surface area contributed by atoms with Crippen LogP contribution < -0.4 is 14.2 Å². The smallest absolute Gasteiger partial charge is 0.259 e. The fourth-order valence-electron chi connectivity index (χ4n) is 3.25. The van der Waals surface area contributed by atoms with Gasteiger partial charge in [-0.25, -0.2) is 0 Å². The molecule has 7 heteroatoms. The first kappa shape index (κ1) is 21.9. The summed E-state index contributed by atoms with van der Waals surface area (Å²) in [5.41, 5.74) is 3.26. The molecule has 0 atom stereocenters. The van der Waals surface area contributed by atoms with Crippen molar-refractivity contribution >= 4 is 33.7 Å². The summed E-state index contributed by atoms with van der Waals surface area (Å²) in [6.07, 6.45) is 3.29. The lowest BCUT2D eigenvalue weighted by atomic mass is 9.86. The van der Waals surface area contributed by atoms with Crippen molar-refractivity contribution in [1.29, 1.82) is 0 Å². The van der Waals surface area contributed by atoms with Crippen molar-refractivity contribution in [2.75, 3.05) is 34.9 Å². The molecule has 1 aliphatic carbocycles. The lowest BCUT2D eigenvalue weighted by molar-refractivity contribution is -0.130. The molecule has 0 aromatic heterocycles. The van der Waals surface area contributed by atoms with E-state index in [2.05, 4.69) is 15.9 Å². The fourth-order valence-corrected chi connectivity index (χ4v) is 3.82. The van der Waals surface area contributed by atoms with Crippen LogP contribution in [0.15, 0.2) is 40.4 Å². The Balaban J connectivity index is 1.87. The van der Waals surface area contributed by atoms with Gasteiger partial charge in [-0.3, -0.25) is 9.59 Å². The first-order valence-electron chi connectivity index (χ1n) is 9.46. The van der Waals surface area contributed by atoms with Gasteiger partial charge in [-0.15, -0.1) is 0 Å². The van der Waals surface area contributed by atoms with E-state index in [9.17, 15) is 9.59 Å². The number of hydrogen-bond donors (Lipinski definition) is 0. The molecule has 158 valence electrons. The molecule has 0 heterocycles. The predicted molar refractivity (Wildman–Crippen MR) is 119 cm³/mol. The Labute approximate surface area is 184 Å². The topological polar surface area (TPSA) is 65.1 Å². The maximum Gasteiger partial charge on any atom is 0.259 e. The van der Waals surface area contributed by atoms with E-state index in [1.54, 1.807) is 33.3 Å². The minimum atomic E-state index is -0.154. The molecule has 6 nitrogen and oxygen atoms in total. The van der Waals surface area contributed by atoms with Crippen LogP contribution in [0.2, 0.25) is 0 Å². The quantitative estimate of drug-likeness (QED) is 0.589. The second-order valence-corrected chi connectivity index (χ2v) is 7.99. The van der Waals surface area contributed by atoms with Crippen molar-refractivity contribution in [1.82, 2.24) is 4.90 Å². The molecule has 0 radical (unpaired) electrons. The second kappa shape index (κ2) is 9.34. The summed E-state index contributed by atoms with van der Waals surface area (Å²) in [6, 6.07) is 9.19. The molecule has 0 saturated carbocycles. The molecule has 3 rings (SSSR count). The van der Waals surface area contributed by atoms with Crippen LogP contribution >= 0.6 is 15.9 Å². The van der Waals surface area contributed by atoms with Gasteiger partial charge in [-0.1, -0.05) is 0 Å². The number of carbonyl (C=O) groups is 2. The Morgan fingerprint density at radius 1 is 1.13 bits per heavy atom. The van der Waals surface area contributed by atoms with Crippen molar-refractivity contribution in [2.24, 2.45) is 0 Å². The standard InChI is InChI=1S/C23H24BrNO5/c1-25(2)21(26)13-30-23-19(24)10-14(11-20(23)29-4)9-16-6-5-15-12-17(28-3)7-8-18(15)22(16)27/h7-12H,5-6,13H2,1-4H3. The van der Waals surface area contributed by atoms with E-state index in [1.165, 1.54) is 12.0 Å². The number of benzene rings is 2. The van der Waals surface area contributed by atoms with E-state index in [-0.39, 0.29) is 18.3 Å². The van der Waals surface area contributed by atoms with Crippen LogP contribution in [0, 0.1) is 0 Å². The fraction of sp³-hybridized carbons (Fsp3) is 0.304. The number of fused-ring (bicyclic) bond motifs is 1. The minimum Gasteiger partial charge on any atom is -0.497 e. The highest BCUT2D eigenvalue weighted by molar-refractivity contribution is 9.10. The first-order chi connectivity index (χ1) is 14.3. The Morgan fingerprint density at radius 3 is 2.57 bits per heavy atom. The Bertz CT molecular complexity index is 1010. The van der Waals surface area contributed by atoms with E-state index in [4.69, 9.17) is 14.2 Å². The minimum absolute atomic E-state index is 0.0194. The molecular formula is C23H24BrNO5. The van der Waals surface area contributed by atoms with E-state index in [0.29, 0.717) is 28.0 Å². The summed E-state index contributed by atoms with van der Waals surface area (Å²) in [6.45, 7) is -0.0961. The van der Waals surface area contributed by atoms with Crippen LogP contribution in [0.25, 0.3) is 6.08 Å². The van der Waals surface area contributed by atoms with Gasteiger partial charge < -0.3 is 19.1 Å². The summed E-state index contributed by atoms with van der Waals surface area (Å²) < 4.78 is 17.0. The van der Waals surface area contributed by atoms with Crippen molar-refractivity contribution in [3.63, 3.8) is 0 Å². The summed E-state index contributed by atoms with van der Waals surface area (Å²) in [7, 11) is 6.49. The maximum atomic E-state index is 12.9. The number of Topliss-reactive ketones (excluding diaryl/α,β-unsaturated/α-hetero) is 1. The number of amides is 1. The van der Waals surface area contributed by atoms with Gasteiger partial charge >= 0.3 is 0 Å². The number of halogens is 1. The van der Waals surface area contributed by atoms with Gasteiger partial charge in [0.25, 0.3) is 5.91 Å². The van der Waals surface area contributed by atoms with Gasteiger partial charge in [0.15, 0.2) is 23.9 Å². The lowest BCUT2D eigenvalue weighted by Crippen LogP contribution is -2.27. The number of nitrogens with zero attached hydrogens (tertiary/aromatic N) is 1. The molecule has 1 amide bonds. The number of aryl methyl sites for hydroxylation is 1. The molecule has 0 bridgehead atoms. The van der Waals surface area contributed by atoms with Crippen LogP contribution in [0.1, 0.15) is 27.9 Å². The Morgan fingerprint density at radius 2 is 1.90 bits per heavy atom. The number of rotatable bonds is 6. The third kappa shape index (κ3) is 4.67. The van der Waals surface area contributed by atoms with E-state index in [0.717, 1.165) is 28.9 Å². The summed E-state index contributed by atoms with van der Waals surface area (Å²) >= 11 is 3.49. The van der Waals surface area contributed by atoms with Crippen LogP contribution in [0.3, 0.4) is 0 Å². The molecule has 0 N–H and O–H groups in total. The van der Waals surface area contributed by atoms with Crippen molar-refractivity contribution in [3.05, 3.63) is 57.1 Å². The Hall–Kier alpha value is -2.80. The zero-order chi connectivity index (χ0) is 21.8. The third-order valence-corrected chi connectivity index (χ3v) is 5.53. The molecule has 30 heavy (non-hydrogen) atoms. The van der Waals surface area contributed by atoms with Gasteiger partial charge in [-0.05, 0) is 76.3 Å². The summed E-state index contributed by atoms with van der Waals surface area (Å²) in [4.78, 5) is 26.2. The molecule has 2 aromatic rings. The average Bonchev–Trinajstić information content (AvgIpc) is 2.73. The summed E-state index contributed by atoms with van der Waals surface area (Å²) in [5.74, 6) is 1.55. The average molecular weight is 474 g/mol. The van der Waals surface area contributed by atoms with Gasteiger partial charge in [0.05, 0.1) is 18.7 Å². The van der Waals surface area contributed by atoms with Crippen molar-refractivity contribution in [3.8, 4) is 17.2 Å². The number of likely N-dealkylation sites (N-methyl/N-ethyl adjacent to an activating group) is 1. The number of ether oxygens (including phenoxy) is 3. The largest absolute Gasteiger partial charge is 0.497 e. The highest BCUT2D eigenvalue weighted by Gasteiger charge is 2.23. The molecule has 0 aliphatic heterocycles. The van der Waals surface area contributed by atoms with Crippen LogP contribution in [-0.4, -0.2) is 51.5 Å². The lowest BCUT2D eigenvalue weighted by Gasteiger charge is -2.19. The first-order valence-corrected chi connectivity index (χ1v) is 10.3. The summed E-state index contributed by atoms with van der Waals surface area (Å²) in [5, 5.41) is 0. The van der Waals surface area contributed by atoms with Crippen LogP contribution in [0.5, 0.6) is 17.2 Å². The second-order valence-electron chi connectivity index (χ2n) is 7.13. The molecule has 0 spiro atoms. The van der Waals surface area contributed by atoms with Gasteiger partial charge in [-0.2, -0.15) is 0 Å². The highest BCUT2D eigenvalue weighted by atomic mass is 79.9. The van der Waals surface area contributed by atoms with Crippen molar-refractivity contribution in [2.45, 2.75) is 12.8 Å². The van der Waals surface area contributed by atoms with Gasteiger partial charge in [0.1, 0.15) is 5.75 Å². The monoisotopic (exact) mass is 473 g/mol. The SMILES string of the molecule is COc1ccc2c(c1)CCC(=Cc1cc(Br)c(OCC(=O)N(C)C)c(OC)c1)C2=O. The van der Waals surface area contributed by atoms with Gasteiger partial charge in [0.2, 0.25) is 0 Å². The molecular weight excluding hydrogens is 450 g/mol. The number of allylic oxidation sites excluding steroid dienone is 1. The van der Waals surface area contributed by atoms with E-state index < -0.39 is 0 Å². The zero-order valence-electron chi connectivity index (χ0n) is 17.5. The zero-order valence-corrected chi connectivity index (χ0v) is 19.0. The maximum absolute atomic E-state index is 12.9. The number of ketones is 1. The molecule has 0 saturated heterocycles. The number of methoxy groups -OCH3 is 2. The van der Waals surface area contributed by atoms with Gasteiger partial charge in [0, 0.05) is 25.2 Å². The third-order valence-electron chi connectivity index (χ3n) is 4.94. The van der Waals surface area contributed by atoms with Crippen LogP contribution in [0.4, 0.5) is 0 Å².